The molecule has 11 rings (SSSR count). The van der Waals surface area contributed by atoms with E-state index in [9.17, 15) is 0 Å². The van der Waals surface area contributed by atoms with Crippen LogP contribution in [0.4, 0.5) is 11.4 Å². The Hall–Kier alpha value is -6.35. The molecule has 0 aromatic heterocycles. The molecule has 3 aliphatic carbocycles. The molecule has 58 heavy (non-hydrogen) atoms. The molecule has 0 N–H and O–H groups in total. The number of allylic oxidation sites excluding steroid dienone is 8. The van der Waals surface area contributed by atoms with Crippen LogP contribution in [-0.2, 0) is 10.8 Å². The number of para-hydroxylation sites is 1. The fraction of sp³-hybridized carbons (Fsp3) is 0.107. The second-order valence-electron chi connectivity index (χ2n) is 16.3. The van der Waals surface area contributed by atoms with Gasteiger partial charge in [0.1, 0.15) is 0 Å². The van der Waals surface area contributed by atoms with Crippen LogP contribution in [0.25, 0.3) is 38.6 Å². The van der Waals surface area contributed by atoms with Crippen LogP contribution in [0.3, 0.4) is 0 Å². The first kappa shape index (κ1) is 34.9. The van der Waals surface area contributed by atoms with Crippen molar-refractivity contribution in [2.75, 3.05) is 4.90 Å². The van der Waals surface area contributed by atoms with E-state index < -0.39 is 5.41 Å². The molecule has 0 amide bonds. The van der Waals surface area contributed by atoms with Crippen LogP contribution in [-0.4, -0.2) is 0 Å². The Balaban J connectivity index is 1.19. The third-order valence-electron chi connectivity index (χ3n) is 13.0. The second kappa shape index (κ2) is 13.4. The summed E-state index contributed by atoms with van der Waals surface area (Å²) in [5.41, 5.74) is 17.2. The van der Waals surface area contributed by atoms with Crippen LogP contribution in [0.1, 0.15) is 54.5 Å². The monoisotopic (exact) mass is 761 g/mol. The average Bonchev–Trinajstić information content (AvgIpc) is 3.69. The van der Waals surface area contributed by atoms with E-state index in [1.54, 1.807) is 0 Å². The van der Waals surface area contributed by atoms with Gasteiger partial charge in [-0.3, -0.25) is 0 Å². The van der Waals surface area contributed by atoms with Crippen LogP contribution >= 0.6 is 11.8 Å². The van der Waals surface area contributed by atoms with Crippen molar-refractivity contribution in [2.24, 2.45) is 0 Å². The fourth-order valence-electron chi connectivity index (χ4n) is 10.4. The van der Waals surface area contributed by atoms with E-state index in [1.807, 2.05) is 11.8 Å². The maximum atomic E-state index is 4.63. The number of thioether (sulfide) groups is 1. The van der Waals surface area contributed by atoms with E-state index in [-0.39, 0.29) is 5.41 Å². The molecular weight excluding hydrogens is 719 g/mol. The molecule has 1 spiro atoms. The first-order valence-electron chi connectivity index (χ1n) is 20.4. The molecule has 278 valence electrons. The van der Waals surface area contributed by atoms with Crippen LogP contribution in [0, 0.1) is 0 Å². The molecule has 0 saturated carbocycles. The number of benzene rings is 7. The van der Waals surface area contributed by atoms with E-state index in [0.29, 0.717) is 0 Å². The normalized spacial score (nSPS) is 18.3. The predicted octanol–water partition coefficient (Wildman–Crippen LogP) is 15.1. The SMILES string of the molecule is C=CC1=C(/C=C\N(c2ccc3c(c2)C(C)(C)c2ccccc2-3)c2ccccc2-c2ccccc2)c2c(ccc3ccccc23)C12C1=C(CCC=C1)Sc1ccccc12. The topological polar surface area (TPSA) is 3.24 Å². The second-order valence-corrected chi connectivity index (χ2v) is 17.5. The van der Waals surface area contributed by atoms with Gasteiger partial charge in [0, 0.05) is 27.8 Å². The molecule has 4 aliphatic rings. The van der Waals surface area contributed by atoms with Crippen molar-refractivity contribution in [3.05, 3.63) is 239 Å². The highest BCUT2D eigenvalue weighted by molar-refractivity contribution is 8.03. The summed E-state index contributed by atoms with van der Waals surface area (Å²) in [7, 11) is 0. The summed E-state index contributed by atoms with van der Waals surface area (Å²) >= 11 is 1.96. The highest BCUT2D eigenvalue weighted by atomic mass is 32.2. The Morgan fingerprint density at radius 1 is 0.655 bits per heavy atom. The number of nitrogens with zero attached hydrogens (tertiary/aromatic N) is 1. The minimum absolute atomic E-state index is 0.129. The minimum Gasteiger partial charge on any atom is -0.317 e. The predicted molar refractivity (Wildman–Crippen MR) is 247 cm³/mol. The van der Waals surface area contributed by atoms with Crippen molar-refractivity contribution in [3.63, 3.8) is 0 Å². The lowest BCUT2D eigenvalue weighted by Gasteiger charge is -2.42. The van der Waals surface area contributed by atoms with Crippen LogP contribution in [0.15, 0.2) is 216 Å². The number of fused-ring (bicyclic) bond motifs is 10. The van der Waals surface area contributed by atoms with Crippen molar-refractivity contribution in [1.29, 1.82) is 0 Å². The van der Waals surface area contributed by atoms with Gasteiger partial charge in [-0.05, 0) is 120 Å². The Kier molecular flexibility index (Phi) is 8.03. The molecule has 1 heterocycles. The highest BCUT2D eigenvalue weighted by Crippen LogP contribution is 2.63. The molecule has 1 atom stereocenters. The zero-order chi connectivity index (χ0) is 39.0. The summed E-state index contributed by atoms with van der Waals surface area (Å²) < 4.78 is 0. The Morgan fingerprint density at radius 3 is 2.24 bits per heavy atom. The van der Waals surface area contributed by atoms with Crippen molar-refractivity contribution in [3.8, 4) is 22.3 Å². The van der Waals surface area contributed by atoms with Crippen LogP contribution in [0.5, 0.6) is 0 Å². The summed E-state index contributed by atoms with van der Waals surface area (Å²) in [6.45, 7) is 9.36. The quantitative estimate of drug-likeness (QED) is 0.166. The molecule has 7 aromatic carbocycles. The van der Waals surface area contributed by atoms with Gasteiger partial charge in [-0.2, -0.15) is 0 Å². The number of anilines is 2. The lowest BCUT2D eigenvalue weighted by molar-refractivity contribution is 0.660. The molecular formula is C56H43NS. The van der Waals surface area contributed by atoms with Gasteiger partial charge in [-0.15, -0.1) is 0 Å². The highest BCUT2D eigenvalue weighted by Gasteiger charge is 2.51. The number of rotatable bonds is 6. The minimum atomic E-state index is -0.481. The zero-order valence-corrected chi connectivity index (χ0v) is 33.7. The summed E-state index contributed by atoms with van der Waals surface area (Å²) in [6, 6.07) is 58.3. The smallest absolute Gasteiger partial charge is 0.0732 e. The molecule has 1 aliphatic heterocycles. The van der Waals surface area contributed by atoms with Crippen LogP contribution in [0.2, 0.25) is 0 Å². The summed E-state index contributed by atoms with van der Waals surface area (Å²) in [5, 5.41) is 2.51. The molecule has 0 bridgehead atoms. The molecule has 0 fully saturated rings. The van der Waals surface area contributed by atoms with Gasteiger partial charge in [0.05, 0.1) is 11.1 Å². The van der Waals surface area contributed by atoms with E-state index >= 15 is 0 Å². The summed E-state index contributed by atoms with van der Waals surface area (Å²) in [4.78, 5) is 5.21. The van der Waals surface area contributed by atoms with E-state index in [0.717, 1.165) is 24.2 Å². The Bertz CT molecular complexity index is 2970. The fourth-order valence-corrected chi connectivity index (χ4v) is 11.7. The molecule has 0 saturated heterocycles. The molecule has 7 aromatic rings. The Labute approximate surface area is 346 Å². The standard InChI is InChI=1S/C56H43NS/c1-4-45-44(54-41-22-9-8-20-38(41)30-33-49(54)56(45)47-25-13-16-28-52(47)58-53-29-17-14-26-48(53)56)34-35-57(51-27-15-11-21-40(51)37-18-6-5-7-19-37)39-31-32-43-42-23-10-12-24-46(42)55(2,3)50(43)36-39/h4-16,18-28,30-36H,1,17,29H2,2-3H3/b35-34-. The van der Waals surface area contributed by atoms with Crippen molar-refractivity contribution < 1.29 is 0 Å². The third-order valence-corrected chi connectivity index (χ3v) is 14.3. The van der Waals surface area contributed by atoms with Gasteiger partial charge in [0.15, 0.2) is 0 Å². The van der Waals surface area contributed by atoms with Crippen molar-refractivity contribution in [2.45, 2.75) is 42.4 Å². The lowest BCUT2D eigenvalue weighted by Crippen LogP contribution is -2.33. The van der Waals surface area contributed by atoms with Gasteiger partial charge in [0.2, 0.25) is 0 Å². The van der Waals surface area contributed by atoms with Crippen molar-refractivity contribution in [1.82, 2.24) is 0 Å². The van der Waals surface area contributed by atoms with Gasteiger partial charge in [0.25, 0.3) is 0 Å². The van der Waals surface area contributed by atoms with E-state index in [2.05, 4.69) is 214 Å². The summed E-state index contributed by atoms with van der Waals surface area (Å²) in [6.07, 6.45) is 13.8. The van der Waals surface area contributed by atoms with Gasteiger partial charge in [-0.1, -0.05) is 184 Å². The maximum absolute atomic E-state index is 4.63. The first-order valence-corrected chi connectivity index (χ1v) is 21.3. The molecule has 2 heteroatoms. The van der Waals surface area contributed by atoms with Crippen molar-refractivity contribution >= 4 is 39.5 Å². The maximum Gasteiger partial charge on any atom is 0.0732 e. The molecule has 0 radical (unpaired) electrons. The molecule has 1 unspecified atom stereocenters. The Morgan fingerprint density at radius 2 is 1.38 bits per heavy atom. The van der Waals surface area contributed by atoms with Gasteiger partial charge >= 0.3 is 0 Å². The number of hydrogen-bond acceptors (Lipinski definition) is 2. The summed E-state index contributed by atoms with van der Waals surface area (Å²) in [5.74, 6) is 0. The van der Waals surface area contributed by atoms with Gasteiger partial charge in [-0.25, -0.2) is 0 Å². The lowest BCUT2D eigenvalue weighted by atomic mass is 9.65. The average molecular weight is 762 g/mol. The van der Waals surface area contributed by atoms with Crippen LogP contribution < -0.4 is 4.90 Å². The first-order chi connectivity index (χ1) is 28.5. The van der Waals surface area contributed by atoms with Gasteiger partial charge < -0.3 is 4.90 Å². The number of hydrogen-bond donors (Lipinski definition) is 0. The zero-order valence-electron chi connectivity index (χ0n) is 32.9. The third kappa shape index (κ3) is 4.98. The largest absolute Gasteiger partial charge is 0.317 e. The van der Waals surface area contributed by atoms with E-state index in [4.69, 9.17) is 0 Å². The van der Waals surface area contributed by atoms with E-state index in [1.165, 1.54) is 87.4 Å². The molecule has 1 nitrogen and oxygen atoms in total.